The highest BCUT2D eigenvalue weighted by atomic mass is 16.5. The average molecular weight is 223 g/mol. The summed E-state index contributed by atoms with van der Waals surface area (Å²) in [5.41, 5.74) is 0.700. The van der Waals surface area contributed by atoms with Crippen LogP contribution in [0.4, 0.5) is 0 Å². The molecule has 6 nitrogen and oxygen atoms in total. The fourth-order valence-electron chi connectivity index (χ4n) is 0.909. The third-order valence-electron chi connectivity index (χ3n) is 1.71. The molecule has 1 rings (SSSR count). The molecule has 16 heavy (non-hydrogen) atoms. The van der Waals surface area contributed by atoms with E-state index in [-0.39, 0.29) is 19.1 Å². The second-order valence-corrected chi connectivity index (χ2v) is 3.14. The SMILES string of the molecule is C=C(C)C(=O)OCCNC(=O)c1ccn[nH]1. The molecular weight excluding hydrogens is 210 g/mol. The molecule has 2 N–H and O–H groups in total. The first-order chi connectivity index (χ1) is 7.61. The van der Waals surface area contributed by atoms with Crippen LogP contribution >= 0.6 is 0 Å². The van der Waals surface area contributed by atoms with Gasteiger partial charge in [0.15, 0.2) is 0 Å². The summed E-state index contributed by atoms with van der Waals surface area (Å²) < 4.78 is 4.79. The first-order valence-electron chi connectivity index (χ1n) is 4.71. The lowest BCUT2D eigenvalue weighted by Gasteiger charge is -2.05. The Kier molecular flexibility index (Phi) is 4.26. The second-order valence-electron chi connectivity index (χ2n) is 3.14. The molecule has 86 valence electrons. The van der Waals surface area contributed by atoms with E-state index in [4.69, 9.17) is 4.74 Å². The number of aromatic nitrogens is 2. The molecule has 0 atom stereocenters. The highest BCUT2D eigenvalue weighted by Crippen LogP contribution is 1.92. The quantitative estimate of drug-likeness (QED) is 0.426. The van der Waals surface area contributed by atoms with E-state index in [0.717, 1.165) is 0 Å². The number of rotatable bonds is 5. The van der Waals surface area contributed by atoms with E-state index >= 15 is 0 Å². The van der Waals surface area contributed by atoms with Gasteiger partial charge >= 0.3 is 5.97 Å². The van der Waals surface area contributed by atoms with Gasteiger partial charge in [0.2, 0.25) is 0 Å². The molecule has 0 aromatic carbocycles. The maximum Gasteiger partial charge on any atom is 0.333 e. The Morgan fingerprint density at radius 1 is 1.62 bits per heavy atom. The summed E-state index contributed by atoms with van der Waals surface area (Å²) >= 11 is 0. The molecule has 0 bridgehead atoms. The summed E-state index contributed by atoms with van der Waals surface area (Å²) in [6.07, 6.45) is 1.48. The molecule has 0 aliphatic heterocycles. The van der Waals surface area contributed by atoms with E-state index in [2.05, 4.69) is 22.1 Å². The van der Waals surface area contributed by atoms with Crippen molar-refractivity contribution in [2.24, 2.45) is 0 Å². The van der Waals surface area contributed by atoms with Gasteiger partial charge in [0.25, 0.3) is 5.91 Å². The van der Waals surface area contributed by atoms with Crippen LogP contribution in [0.15, 0.2) is 24.4 Å². The van der Waals surface area contributed by atoms with Gasteiger partial charge in [-0.1, -0.05) is 6.58 Å². The summed E-state index contributed by atoms with van der Waals surface area (Å²) in [5, 5.41) is 8.72. The zero-order chi connectivity index (χ0) is 12.0. The van der Waals surface area contributed by atoms with Gasteiger partial charge in [-0.3, -0.25) is 9.89 Å². The van der Waals surface area contributed by atoms with Crippen molar-refractivity contribution in [2.45, 2.75) is 6.92 Å². The Bertz CT molecular complexity index is 384. The van der Waals surface area contributed by atoms with E-state index in [1.165, 1.54) is 6.20 Å². The van der Waals surface area contributed by atoms with Gasteiger partial charge < -0.3 is 10.1 Å². The van der Waals surface area contributed by atoms with Crippen LogP contribution in [0.3, 0.4) is 0 Å². The van der Waals surface area contributed by atoms with Crippen LogP contribution < -0.4 is 5.32 Å². The Hall–Kier alpha value is -2.11. The van der Waals surface area contributed by atoms with Crippen LogP contribution in [0.5, 0.6) is 0 Å². The average Bonchev–Trinajstić information content (AvgIpc) is 2.76. The normalized spacial score (nSPS) is 9.56. The van der Waals surface area contributed by atoms with Crippen molar-refractivity contribution in [3.8, 4) is 0 Å². The predicted molar refractivity (Wildman–Crippen MR) is 56.7 cm³/mol. The first-order valence-corrected chi connectivity index (χ1v) is 4.71. The van der Waals surface area contributed by atoms with Crippen molar-refractivity contribution in [3.05, 3.63) is 30.1 Å². The number of carbonyl (C=O) groups is 2. The van der Waals surface area contributed by atoms with Crippen molar-refractivity contribution < 1.29 is 14.3 Å². The molecule has 0 radical (unpaired) electrons. The van der Waals surface area contributed by atoms with Gasteiger partial charge in [0, 0.05) is 11.8 Å². The molecular formula is C10H13N3O3. The van der Waals surface area contributed by atoms with Crippen LogP contribution in [0.25, 0.3) is 0 Å². The monoisotopic (exact) mass is 223 g/mol. The van der Waals surface area contributed by atoms with Crippen LogP contribution in [0, 0.1) is 0 Å². The van der Waals surface area contributed by atoms with Crippen LogP contribution in [-0.4, -0.2) is 35.2 Å². The molecule has 1 amide bonds. The van der Waals surface area contributed by atoms with E-state index in [0.29, 0.717) is 11.3 Å². The summed E-state index contributed by atoms with van der Waals surface area (Å²) in [6, 6.07) is 1.55. The third-order valence-corrected chi connectivity index (χ3v) is 1.71. The smallest absolute Gasteiger partial charge is 0.333 e. The maximum absolute atomic E-state index is 11.3. The van der Waals surface area contributed by atoms with Crippen molar-refractivity contribution in [3.63, 3.8) is 0 Å². The van der Waals surface area contributed by atoms with Gasteiger partial charge in [0.1, 0.15) is 12.3 Å². The van der Waals surface area contributed by atoms with Crippen molar-refractivity contribution in [2.75, 3.05) is 13.2 Å². The van der Waals surface area contributed by atoms with Crippen LogP contribution in [0.1, 0.15) is 17.4 Å². The van der Waals surface area contributed by atoms with E-state index < -0.39 is 5.97 Å². The number of hydrogen-bond donors (Lipinski definition) is 2. The number of esters is 1. The minimum Gasteiger partial charge on any atom is -0.460 e. The highest BCUT2D eigenvalue weighted by molar-refractivity contribution is 5.92. The predicted octanol–water partition coefficient (Wildman–Crippen LogP) is 0.259. The molecule has 0 spiro atoms. The molecule has 1 heterocycles. The maximum atomic E-state index is 11.3. The van der Waals surface area contributed by atoms with Crippen molar-refractivity contribution >= 4 is 11.9 Å². The molecule has 1 aromatic rings. The zero-order valence-corrected chi connectivity index (χ0v) is 8.95. The lowest BCUT2D eigenvalue weighted by atomic mass is 10.4. The summed E-state index contributed by atoms with van der Waals surface area (Å²) in [7, 11) is 0. The number of nitrogens with zero attached hydrogens (tertiary/aromatic N) is 1. The van der Waals surface area contributed by atoms with Gasteiger partial charge in [-0.05, 0) is 13.0 Å². The lowest BCUT2D eigenvalue weighted by Crippen LogP contribution is -2.28. The van der Waals surface area contributed by atoms with Crippen LogP contribution in [0.2, 0.25) is 0 Å². The minimum atomic E-state index is -0.462. The largest absolute Gasteiger partial charge is 0.460 e. The Morgan fingerprint density at radius 3 is 2.94 bits per heavy atom. The zero-order valence-electron chi connectivity index (χ0n) is 8.95. The summed E-state index contributed by atoms with van der Waals surface area (Å²) in [5.74, 6) is -0.750. The molecule has 1 aromatic heterocycles. The summed E-state index contributed by atoms with van der Waals surface area (Å²) in [6.45, 7) is 5.36. The second kappa shape index (κ2) is 5.69. The number of ether oxygens (including phenoxy) is 1. The number of carbonyl (C=O) groups excluding carboxylic acids is 2. The summed E-state index contributed by atoms with van der Waals surface area (Å²) in [4.78, 5) is 22.3. The Balaban J connectivity index is 2.19. The first kappa shape index (κ1) is 12.0. The van der Waals surface area contributed by atoms with Crippen molar-refractivity contribution in [1.29, 1.82) is 0 Å². The fourth-order valence-corrected chi connectivity index (χ4v) is 0.909. The highest BCUT2D eigenvalue weighted by Gasteiger charge is 2.06. The minimum absolute atomic E-state index is 0.117. The molecule has 0 unspecified atom stereocenters. The third kappa shape index (κ3) is 3.56. The topological polar surface area (TPSA) is 84.1 Å². The van der Waals surface area contributed by atoms with Gasteiger partial charge in [-0.2, -0.15) is 5.10 Å². The molecule has 0 aliphatic rings. The van der Waals surface area contributed by atoms with Gasteiger partial charge in [0.05, 0.1) is 6.54 Å². The van der Waals surface area contributed by atoms with Crippen LogP contribution in [-0.2, 0) is 9.53 Å². The number of H-pyrrole nitrogens is 1. The number of hydrogen-bond acceptors (Lipinski definition) is 4. The molecule has 0 saturated carbocycles. The van der Waals surface area contributed by atoms with Gasteiger partial charge in [-0.25, -0.2) is 4.79 Å². The van der Waals surface area contributed by atoms with E-state index in [1.807, 2.05) is 0 Å². The van der Waals surface area contributed by atoms with E-state index in [1.54, 1.807) is 13.0 Å². The Morgan fingerprint density at radius 2 is 2.38 bits per heavy atom. The molecule has 0 saturated heterocycles. The number of nitrogens with one attached hydrogen (secondary N) is 2. The van der Waals surface area contributed by atoms with E-state index in [9.17, 15) is 9.59 Å². The number of aromatic amines is 1. The van der Waals surface area contributed by atoms with Crippen molar-refractivity contribution in [1.82, 2.24) is 15.5 Å². The molecule has 0 fully saturated rings. The van der Waals surface area contributed by atoms with Gasteiger partial charge in [-0.15, -0.1) is 0 Å². The number of amides is 1. The molecule has 6 heteroatoms. The standard InChI is InChI=1S/C10H13N3O3/c1-7(2)10(15)16-6-5-11-9(14)8-3-4-12-13-8/h3-4H,1,5-6H2,2H3,(H,11,14)(H,12,13). The molecule has 0 aliphatic carbocycles. The Labute approximate surface area is 92.7 Å². The lowest BCUT2D eigenvalue weighted by molar-refractivity contribution is -0.138. The fraction of sp³-hybridized carbons (Fsp3) is 0.300.